The van der Waals surface area contributed by atoms with Crippen molar-refractivity contribution < 1.29 is 23.0 Å². The van der Waals surface area contributed by atoms with Gasteiger partial charge in [0.1, 0.15) is 11.6 Å². The third-order valence-corrected chi connectivity index (χ3v) is 3.82. The van der Waals surface area contributed by atoms with Crippen LogP contribution < -0.4 is 14.8 Å². The van der Waals surface area contributed by atoms with Crippen LogP contribution in [0.5, 0.6) is 11.5 Å². The lowest BCUT2D eigenvalue weighted by Crippen LogP contribution is -2.13. The third-order valence-electron chi connectivity index (χ3n) is 3.26. The molecule has 140 valence electrons. The Balaban J connectivity index is 2.31. The monoisotopic (exact) mass is 412 g/mol. The summed E-state index contributed by atoms with van der Waals surface area (Å²) in [5.74, 6) is -0.883. The minimum absolute atomic E-state index is 0.0844. The number of nitriles is 1. The summed E-state index contributed by atoms with van der Waals surface area (Å²) in [5, 5.41) is 12.3. The molecule has 1 amide bonds. The van der Waals surface area contributed by atoms with Gasteiger partial charge in [-0.05, 0) is 42.0 Å². The van der Waals surface area contributed by atoms with Crippen LogP contribution in [0.1, 0.15) is 5.56 Å². The quantitative estimate of drug-likeness (QED) is 0.525. The van der Waals surface area contributed by atoms with Gasteiger partial charge in [0, 0.05) is 5.02 Å². The van der Waals surface area contributed by atoms with Crippen LogP contribution in [0, 0.1) is 11.3 Å². The second-order valence-corrected chi connectivity index (χ2v) is 5.88. The Morgan fingerprint density at radius 2 is 1.96 bits per heavy atom. The molecule has 0 saturated heterocycles. The van der Waals surface area contributed by atoms with Crippen LogP contribution in [0.15, 0.2) is 42.0 Å². The number of benzene rings is 2. The number of halogens is 4. The molecule has 0 saturated carbocycles. The van der Waals surface area contributed by atoms with Crippen molar-refractivity contribution in [2.45, 2.75) is 6.61 Å². The Morgan fingerprint density at radius 3 is 2.59 bits per heavy atom. The van der Waals surface area contributed by atoms with E-state index in [0.29, 0.717) is 5.02 Å². The van der Waals surface area contributed by atoms with Gasteiger partial charge in [0.05, 0.1) is 17.8 Å². The van der Waals surface area contributed by atoms with Crippen molar-refractivity contribution in [1.82, 2.24) is 0 Å². The zero-order valence-electron chi connectivity index (χ0n) is 13.8. The Morgan fingerprint density at radius 1 is 1.22 bits per heavy atom. The summed E-state index contributed by atoms with van der Waals surface area (Å²) in [7, 11) is 1.30. The molecular formula is C18H12Cl2F2N2O3. The van der Waals surface area contributed by atoms with E-state index in [2.05, 4.69) is 10.1 Å². The highest BCUT2D eigenvalue weighted by molar-refractivity contribution is 6.36. The third kappa shape index (κ3) is 5.58. The highest BCUT2D eigenvalue weighted by Crippen LogP contribution is 2.30. The molecule has 9 heteroatoms. The van der Waals surface area contributed by atoms with Gasteiger partial charge in [0.15, 0.2) is 11.5 Å². The number of hydrogen-bond acceptors (Lipinski definition) is 4. The molecule has 0 aliphatic carbocycles. The first kappa shape index (κ1) is 20.5. The van der Waals surface area contributed by atoms with Gasteiger partial charge in [-0.15, -0.1) is 0 Å². The number of amides is 1. The number of carbonyl (C=O) groups excluding carboxylic acids is 1. The van der Waals surface area contributed by atoms with Gasteiger partial charge in [0.2, 0.25) is 0 Å². The summed E-state index contributed by atoms with van der Waals surface area (Å²) >= 11 is 11.8. The van der Waals surface area contributed by atoms with E-state index in [1.165, 1.54) is 43.5 Å². The van der Waals surface area contributed by atoms with Crippen LogP contribution in [0.2, 0.25) is 10.0 Å². The molecule has 0 aromatic heterocycles. The molecule has 0 aliphatic heterocycles. The van der Waals surface area contributed by atoms with Crippen LogP contribution in [0.25, 0.3) is 6.08 Å². The first-order valence-corrected chi connectivity index (χ1v) is 8.10. The maximum Gasteiger partial charge on any atom is 0.387 e. The molecule has 0 atom stereocenters. The molecule has 5 nitrogen and oxygen atoms in total. The number of methoxy groups -OCH3 is 1. The van der Waals surface area contributed by atoms with Crippen molar-refractivity contribution in [2.24, 2.45) is 0 Å². The van der Waals surface area contributed by atoms with Crippen molar-refractivity contribution in [1.29, 1.82) is 5.26 Å². The van der Waals surface area contributed by atoms with Gasteiger partial charge in [-0.2, -0.15) is 14.0 Å². The van der Waals surface area contributed by atoms with Crippen molar-refractivity contribution in [3.8, 4) is 17.6 Å². The lowest BCUT2D eigenvalue weighted by molar-refractivity contribution is -0.112. The van der Waals surface area contributed by atoms with Crippen molar-refractivity contribution in [2.75, 3.05) is 12.4 Å². The minimum Gasteiger partial charge on any atom is -0.493 e. The molecule has 0 bridgehead atoms. The first-order valence-electron chi connectivity index (χ1n) is 7.35. The number of anilines is 1. The largest absolute Gasteiger partial charge is 0.493 e. The summed E-state index contributed by atoms with van der Waals surface area (Å²) in [6.07, 6.45) is 1.21. The van der Waals surface area contributed by atoms with Gasteiger partial charge in [-0.1, -0.05) is 29.3 Å². The zero-order chi connectivity index (χ0) is 20.0. The molecule has 0 aliphatic rings. The van der Waals surface area contributed by atoms with Gasteiger partial charge in [-0.25, -0.2) is 0 Å². The average Bonchev–Trinajstić information content (AvgIpc) is 2.62. The molecule has 0 spiro atoms. The number of nitrogens with zero attached hydrogens (tertiary/aromatic N) is 1. The summed E-state index contributed by atoms with van der Waals surface area (Å²) in [5.41, 5.74) is 0.237. The molecule has 2 rings (SSSR count). The van der Waals surface area contributed by atoms with E-state index in [9.17, 15) is 18.8 Å². The predicted molar refractivity (Wildman–Crippen MR) is 98.3 cm³/mol. The van der Waals surface area contributed by atoms with Crippen LogP contribution in [-0.4, -0.2) is 19.6 Å². The van der Waals surface area contributed by atoms with Crippen LogP contribution >= 0.6 is 23.2 Å². The molecule has 27 heavy (non-hydrogen) atoms. The summed E-state index contributed by atoms with van der Waals surface area (Å²) in [4.78, 5) is 12.3. The van der Waals surface area contributed by atoms with E-state index in [0.717, 1.165) is 0 Å². The fourth-order valence-corrected chi connectivity index (χ4v) is 2.41. The highest BCUT2D eigenvalue weighted by atomic mass is 35.5. The fraction of sp³-hybridized carbons (Fsp3) is 0.111. The maximum absolute atomic E-state index is 12.5. The second-order valence-electron chi connectivity index (χ2n) is 5.04. The minimum atomic E-state index is -3.05. The van der Waals surface area contributed by atoms with Crippen molar-refractivity contribution in [3.05, 3.63) is 57.6 Å². The van der Waals surface area contributed by atoms with Crippen LogP contribution in [0.4, 0.5) is 14.5 Å². The van der Waals surface area contributed by atoms with E-state index < -0.39 is 12.5 Å². The molecule has 2 aromatic rings. The number of nitrogens with one attached hydrogen (secondary N) is 1. The maximum atomic E-state index is 12.5. The summed E-state index contributed by atoms with van der Waals surface area (Å²) in [6.45, 7) is -3.05. The molecule has 0 fully saturated rings. The van der Waals surface area contributed by atoms with E-state index in [4.69, 9.17) is 27.9 Å². The van der Waals surface area contributed by atoms with Gasteiger partial charge < -0.3 is 14.8 Å². The standard InChI is InChI=1S/C18H12Cl2F2N2O3/c1-26-15-5-2-10(7-16(15)27-18(21)22)6-11(9-23)17(25)24-14-8-12(19)3-4-13(14)20/h2-8,18H,1H3,(H,24,25)/b11-6+. The lowest BCUT2D eigenvalue weighted by atomic mass is 10.1. The van der Waals surface area contributed by atoms with Crippen molar-refractivity contribution in [3.63, 3.8) is 0 Å². The molecule has 1 N–H and O–H groups in total. The molecular weight excluding hydrogens is 401 g/mol. The molecule has 0 radical (unpaired) electrons. The van der Waals surface area contributed by atoms with E-state index in [-0.39, 0.29) is 33.3 Å². The van der Waals surface area contributed by atoms with E-state index in [1.54, 1.807) is 12.1 Å². The number of rotatable bonds is 6. The zero-order valence-corrected chi connectivity index (χ0v) is 15.3. The first-order chi connectivity index (χ1) is 12.8. The Hall–Kier alpha value is -2.82. The smallest absolute Gasteiger partial charge is 0.387 e. The fourth-order valence-electron chi connectivity index (χ4n) is 2.07. The van der Waals surface area contributed by atoms with Crippen LogP contribution in [0.3, 0.4) is 0 Å². The van der Waals surface area contributed by atoms with Gasteiger partial charge in [0.25, 0.3) is 5.91 Å². The number of alkyl halides is 2. The highest BCUT2D eigenvalue weighted by Gasteiger charge is 2.14. The Bertz CT molecular complexity index is 927. The summed E-state index contributed by atoms with van der Waals surface area (Å²) < 4.78 is 34.3. The summed E-state index contributed by atoms with van der Waals surface area (Å²) in [6, 6.07) is 10.3. The van der Waals surface area contributed by atoms with Crippen molar-refractivity contribution >= 4 is 40.9 Å². The Labute approximate surface area is 163 Å². The Kier molecular flexibility index (Phi) is 6.99. The topological polar surface area (TPSA) is 71.3 Å². The normalized spacial score (nSPS) is 11.1. The lowest BCUT2D eigenvalue weighted by Gasteiger charge is -2.10. The second kappa shape index (κ2) is 9.21. The number of hydrogen-bond donors (Lipinski definition) is 1. The number of carbonyl (C=O) groups is 1. The van der Waals surface area contributed by atoms with Gasteiger partial charge >= 0.3 is 6.61 Å². The van der Waals surface area contributed by atoms with E-state index in [1.807, 2.05) is 0 Å². The molecule has 0 unspecified atom stereocenters. The SMILES string of the molecule is COc1ccc(/C=C(\C#N)C(=O)Nc2cc(Cl)ccc2Cl)cc1OC(F)F. The molecule has 2 aromatic carbocycles. The molecule has 0 heterocycles. The van der Waals surface area contributed by atoms with Crippen LogP contribution in [-0.2, 0) is 4.79 Å². The predicted octanol–water partition coefficient (Wildman–Crippen LogP) is 5.15. The number of ether oxygens (including phenoxy) is 2. The van der Waals surface area contributed by atoms with E-state index >= 15 is 0 Å². The van der Waals surface area contributed by atoms with Gasteiger partial charge in [-0.3, -0.25) is 4.79 Å². The average molecular weight is 413 g/mol.